The van der Waals surface area contributed by atoms with E-state index in [2.05, 4.69) is 20.7 Å². The van der Waals surface area contributed by atoms with Gasteiger partial charge in [-0.2, -0.15) is 0 Å². The maximum Gasteiger partial charge on any atom is 0.317 e. The summed E-state index contributed by atoms with van der Waals surface area (Å²) in [5, 5.41) is 34.4. The monoisotopic (exact) mass is 724 g/mol. The van der Waals surface area contributed by atoms with Gasteiger partial charge in [-0.3, -0.25) is 10.2 Å². The fourth-order valence-electron chi connectivity index (χ4n) is 6.92. The summed E-state index contributed by atoms with van der Waals surface area (Å²) in [5.74, 6) is 0.837. The molecule has 3 heterocycles. The predicted molar refractivity (Wildman–Crippen MR) is 183 cm³/mol. The van der Waals surface area contributed by atoms with Gasteiger partial charge >= 0.3 is 6.03 Å². The summed E-state index contributed by atoms with van der Waals surface area (Å²) in [6.45, 7) is 4.28. The number of aromatic hydroxyl groups is 2. The van der Waals surface area contributed by atoms with Crippen LogP contribution in [-0.4, -0.2) is 63.0 Å². The predicted octanol–water partition coefficient (Wildman–Crippen LogP) is 7.16. The van der Waals surface area contributed by atoms with Gasteiger partial charge in [-0.05, 0) is 69.4 Å². The van der Waals surface area contributed by atoms with Gasteiger partial charge in [0.05, 0.1) is 32.0 Å². The SMILES string of the molecule is Cc1cc(CN2CCC(C(N)c3cc(Cl)c(Cl)cc3O)CC2NC(c2cc(Cl)c(Cl)cc2O)C2CCN(C(=O)NC3CC3)CC2)no1. The second kappa shape index (κ2) is 14.6. The van der Waals surface area contributed by atoms with Crippen molar-refractivity contribution in [3.63, 3.8) is 0 Å². The first-order valence-corrected chi connectivity index (χ1v) is 17.6. The van der Waals surface area contributed by atoms with Gasteiger partial charge in [-0.1, -0.05) is 51.6 Å². The molecule has 6 N–H and O–H groups in total. The Morgan fingerprint density at radius 1 is 0.915 bits per heavy atom. The largest absolute Gasteiger partial charge is 0.508 e. The van der Waals surface area contributed by atoms with Crippen molar-refractivity contribution in [2.45, 2.75) is 76.3 Å². The molecule has 3 aliphatic rings. The first-order valence-electron chi connectivity index (χ1n) is 16.1. The van der Waals surface area contributed by atoms with Gasteiger partial charge in [0.1, 0.15) is 17.3 Å². The van der Waals surface area contributed by atoms with Crippen molar-refractivity contribution in [1.29, 1.82) is 0 Å². The van der Waals surface area contributed by atoms with Crippen LogP contribution in [-0.2, 0) is 6.54 Å². The zero-order valence-electron chi connectivity index (χ0n) is 26.1. The van der Waals surface area contributed by atoms with Crippen molar-refractivity contribution < 1.29 is 19.5 Å². The zero-order valence-corrected chi connectivity index (χ0v) is 29.1. The number of carbonyl (C=O) groups is 1. The standard InChI is InChI=1S/C33H40Cl4N6O4/c1-17-10-21(41-47-17)16-43-9-6-19(31(38)22-12-24(34)26(36)14-28(22)44)11-30(43)40-32(23-13-25(35)27(37)15-29(23)45)18-4-7-42(8-5-18)33(46)39-20-2-3-20/h10,12-15,18-20,30-32,40,44-45H,2-9,11,16,38H2,1H3,(H,39,46). The Hall–Kier alpha value is -2.44. The van der Waals surface area contributed by atoms with Crippen LogP contribution in [0.3, 0.4) is 0 Å². The molecule has 10 nitrogen and oxygen atoms in total. The number of halogens is 4. The Morgan fingerprint density at radius 3 is 2.13 bits per heavy atom. The second-order valence-corrected chi connectivity index (χ2v) is 14.7. The van der Waals surface area contributed by atoms with E-state index in [1.165, 1.54) is 12.1 Å². The molecule has 2 saturated heterocycles. The number of aromatic nitrogens is 1. The Bertz CT molecular complexity index is 1600. The lowest BCUT2D eigenvalue weighted by atomic mass is 9.82. The fourth-order valence-corrected chi connectivity index (χ4v) is 7.58. The van der Waals surface area contributed by atoms with Gasteiger partial charge in [0.15, 0.2) is 0 Å². The van der Waals surface area contributed by atoms with Crippen molar-refractivity contribution in [1.82, 2.24) is 25.6 Å². The van der Waals surface area contributed by atoms with E-state index in [0.29, 0.717) is 59.8 Å². The number of nitrogens with zero attached hydrogens (tertiary/aromatic N) is 3. The van der Waals surface area contributed by atoms with Crippen LogP contribution < -0.4 is 16.4 Å². The molecule has 47 heavy (non-hydrogen) atoms. The number of hydrogen-bond acceptors (Lipinski definition) is 8. The molecule has 6 rings (SSSR count). The average molecular weight is 727 g/mol. The lowest BCUT2D eigenvalue weighted by molar-refractivity contribution is 0.0490. The van der Waals surface area contributed by atoms with Gasteiger partial charge in [0, 0.05) is 73.6 Å². The number of benzene rings is 2. The number of amides is 2. The summed E-state index contributed by atoms with van der Waals surface area (Å²) >= 11 is 25.3. The number of piperidine rings is 2. The first-order chi connectivity index (χ1) is 22.5. The lowest BCUT2D eigenvalue weighted by Crippen LogP contribution is -2.54. The van der Waals surface area contributed by atoms with Crippen LogP contribution in [0.1, 0.15) is 73.2 Å². The van der Waals surface area contributed by atoms with Crippen LogP contribution in [0.15, 0.2) is 34.9 Å². The molecule has 254 valence electrons. The van der Waals surface area contributed by atoms with Crippen molar-refractivity contribution in [2.75, 3.05) is 19.6 Å². The molecular formula is C33H40Cl4N6O4. The van der Waals surface area contributed by atoms with Gasteiger partial charge < -0.3 is 30.7 Å². The molecule has 4 atom stereocenters. The Kier molecular flexibility index (Phi) is 10.7. The van der Waals surface area contributed by atoms with E-state index < -0.39 is 6.04 Å². The summed E-state index contributed by atoms with van der Waals surface area (Å²) in [5.41, 5.74) is 8.82. The Balaban J connectivity index is 1.28. The normalized spacial score (nSPS) is 22.3. The lowest BCUT2D eigenvalue weighted by Gasteiger charge is -2.45. The number of nitrogens with one attached hydrogen (secondary N) is 2. The minimum atomic E-state index is -0.504. The number of phenolic OH excluding ortho intramolecular Hbond substituents is 2. The van der Waals surface area contributed by atoms with Crippen LogP contribution in [0.2, 0.25) is 20.1 Å². The van der Waals surface area contributed by atoms with E-state index in [9.17, 15) is 15.0 Å². The Labute approximate surface area is 294 Å². The van der Waals surface area contributed by atoms with Crippen LogP contribution in [0, 0.1) is 18.8 Å². The zero-order chi connectivity index (χ0) is 33.4. The third kappa shape index (κ3) is 8.07. The smallest absolute Gasteiger partial charge is 0.317 e. The number of hydrogen-bond donors (Lipinski definition) is 5. The molecule has 1 aromatic heterocycles. The molecule has 1 saturated carbocycles. The second-order valence-electron chi connectivity index (χ2n) is 13.1. The number of aryl methyl sites for hydroxylation is 1. The van der Waals surface area contributed by atoms with Crippen LogP contribution in [0.4, 0.5) is 4.79 Å². The summed E-state index contributed by atoms with van der Waals surface area (Å²) in [6.07, 6.45) is 4.69. The molecule has 14 heteroatoms. The van der Waals surface area contributed by atoms with E-state index >= 15 is 0 Å². The van der Waals surface area contributed by atoms with Crippen LogP contribution >= 0.6 is 46.4 Å². The van der Waals surface area contributed by atoms with Crippen molar-refractivity contribution in [3.8, 4) is 11.5 Å². The van der Waals surface area contributed by atoms with E-state index in [1.54, 1.807) is 12.1 Å². The highest BCUT2D eigenvalue weighted by Crippen LogP contribution is 2.43. The number of likely N-dealkylation sites (tertiary alicyclic amines) is 2. The van der Waals surface area contributed by atoms with Gasteiger partial charge in [-0.15, -0.1) is 0 Å². The minimum absolute atomic E-state index is 0.00741. The maximum absolute atomic E-state index is 12.8. The topological polar surface area (TPSA) is 140 Å². The van der Waals surface area contributed by atoms with Crippen molar-refractivity contribution >= 4 is 52.4 Å². The number of phenols is 2. The van der Waals surface area contributed by atoms with Crippen LogP contribution in [0.25, 0.3) is 0 Å². The van der Waals surface area contributed by atoms with Crippen LogP contribution in [0.5, 0.6) is 11.5 Å². The third-order valence-corrected chi connectivity index (χ3v) is 11.2. The highest BCUT2D eigenvalue weighted by Gasteiger charge is 2.39. The Morgan fingerprint density at radius 2 is 1.51 bits per heavy atom. The van der Waals surface area contributed by atoms with Gasteiger partial charge in [0.2, 0.25) is 0 Å². The molecule has 0 radical (unpaired) electrons. The molecule has 2 amide bonds. The quantitative estimate of drug-likeness (QED) is 0.157. The molecule has 2 aromatic carbocycles. The molecule has 4 unspecified atom stereocenters. The fraction of sp³-hybridized carbons (Fsp3) is 0.515. The molecule has 3 fully saturated rings. The van der Waals surface area contributed by atoms with E-state index in [0.717, 1.165) is 43.6 Å². The molecule has 1 aliphatic carbocycles. The van der Waals surface area contributed by atoms with Gasteiger partial charge in [-0.25, -0.2) is 4.79 Å². The number of rotatable bonds is 9. The van der Waals surface area contributed by atoms with E-state index in [4.69, 9.17) is 56.7 Å². The van der Waals surface area contributed by atoms with E-state index in [1.807, 2.05) is 17.9 Å². The molecule has 3 aromatic rings. The number of carbonyl (C=O) groups excluding carboxylic acids is 1. The maximum atomic E-state index is 12.8. The highest BCUT2D eigenvalue weighted by molar-refractivity contribution is 6.42. The summed E-state index contributed by atoms with van der Waals surface area (Å²) in [4.78, 5) is 17.0. The minimum Gasteiger partial charge on any atom is -0.508 e. The third-order valence-electron chi connectivity index (χ3n) is 9.71. The average Bonchev–Trinajstić information content (AvgIpc) is 3.77. The van der Waals surface area contributed by atoms with E-state index in [-0.39, 0.29) is 51.6 Å². The summed E-state index contributed by atoms with van der Waals surface area (Å²) < 4.78 is 5.37. The molecule has 2 aliphatic heterocycles. The summed E-state index contributed by atoms with van der Waals surface area (Å²) in [7, 11) is 0. The number of urea groups is 1. The molecular weight excluding hydrogens is 686 g/mol. The first kappa shape index (κ1) is 34.4. The molecule has 0 bridgehead atoms. The molecule has 0 spiro atoms. The van der Waals surface area contributed by atoms with Gasteiger partial charge in [0.25, 0.3) is 0 Å². The van der Waals surface area contributed by atoms with Crippen molar-refractivity contribution in [2.24, 2.45) is 17.6 Å². The number of nitrogens with two attached hydrogens (primary N) is 1. The highest BCUT2D eigenvalue weighted by atomic mass is 35.5. The summed E-state index contributed by atoms with van der Waals surface area (Å²) in [6, 6.07) is 7.65. The van der Waals surface area contributed by atoms with Crippen molar-refractivity contribution in [3.05, 3.63) is 73.0 Å².